The Hall–Kier alpha value is -1.97. The summed E-state index contributed by atoms with van der Waals surface area (Å²) >= 11 is 0. The standard InChI is InChI=1S/C11H12N2O2/c1-14-10-3-2-8(6-9(10)12)7-11-13-4-5-15-11/h2-6H,7,12H2,1H3. The molecule has 4 heteroatoms. The van der Waals surface area contributed by atoms with Crippen molar-refractivity contribution in [3.05, 3.63) is 42.1 Å². The summed E-state index contributed by atoms with van der Waals surface area (Å²) in [5, 5.41) is 0. The highest BCUT2D eigenvalue weighted by atomic mass is 16.5. The Balaban J connectivity index is 2.20. The van der Waals surface area contributed by atoms with Gasteiger partial charge >= 0.3 is 0 Å². The van der Waals surface area contributed by atoms with E-state index in [1.54, 1.807) is 19.6 Å². The zero-order valence-corrected chi connectivity index (χ0v) is 8.43. The van der Waals surface area contributed by atoms with E-state index in [0.29, 0.717) is 23.7 Å². The van der Waals surface area contributed by atoms with Crippen molar-refractivity contribution in [3.8, 4) is 5.75 Å². The third-order valence-electron chi connectivity index (χ3n) is 2.13. The normalized spacial score (nSPS) is 10.2. The number of nitrogens with zero attached hydrogens (tertiary/aromatic N) is 1. The van der Waals surface area contributed by atoms with E-state index in [1.807, 2.05) is 18.2 Å². The molecule has 2 rings (SSSR count). The number of ether oxygens (including phenoxy) is 1. The maximum atomic E-state index is 5.78. The van der Waals surface area contributed by atoms with Gasteiger partial charge in [-0.1, -0.05) is 6.07 Å². The Morgan fingerprint density at radius 3 is 2.93 bits per heavy atom. The predicted octanol–water partition coefficient (Wildman–Crippen LogP) is 1.86. The van der Waals surface area contributed by atoms with Gasteiger partial charge in [0, 0.05) is 6.42 Å². The molecule has 1 heterocycles. The van der Waals surface area contributed by atoms with Crippen LogP contribution in [0.15, 0.2) is 35.1 Å². The van der Waals surface area contributed by atoms with Gasteiger partial charge in [0.1, 0.15) is 12.0 Å². The van der Waals surface area contributed by atoms with Gasteiger partial charge in [0.2, 0.25) is 0 Å². The monoisotopic (exact) mass is 204 g/mol. The van der Waals surface area contributed by atoms with Crippen molar-refractivity contribution in [3.63, 3.8) is 0 Å². The van der Waals surface area contributed by atoms with Crippen LogP contribution in [0.25, 0.3) is 0 Å². The van der Waals surface area contributed by atoms with E-state index in [0.717, 1.165) is 5.56 Å². The topological polar surface area (TPSA) is 61.3 Å². The molecule has 2 N–H and O–H groups in total. The summed E-state index contributed by atoms with van der Waals surface area (Å²) < 4.78 is 10.2. The van der Waals surface area contributed by atoms with Crippen LogP contribution >= 0.6 is 0 Å². The Bertz CT molecular complexity index is 438. The fourth-order valence-corrected chi connectivity index (χ4v) is 1.41. The first-order chi connectivity index (χ1) is 7.29. The highest BCUT2D eigenvalue weighted by Gasteiger charge is 2.03. The van der Waals surface area contributed by atoms with Crippen LogP contribution in [0.5, 0.6) is 5.75 Å². The lowest BCUT2D eigenvalue weighted by molar-refractivity contribution is 0.417. The molecule has 0 amide bonds. The summed E-state index contributed by atoms with van der Waals surface area (Å²) in [5.74, 6) is 1.37. The van der Waals surface area contributed by atoms with E-state index >= 15 is 0 Å². The second-order valence-corrected chi connectivity index (χ2v) is 3.18. The second kappa shape index (κ2) is 4.04. The molecular formula is C11H12N2O2. The number of rotatable bonds is 3. The number of methoxy groups -OCH3 is 1. The van der Waals surface area contributed by atoms with Crippen molar-refractivity contribution < 1.29 is 9.15 Å². The molecule has 15 heavy (non-hydrogen) atoms. The Morgan fingerprint density at radius 2 is 2.33 bits per heavy atom. The van der Waals surface area contributed by atoms with Gasteiger partial charge in [-0.2, -0.15) is 0 Å². The molecule has 4 nitrogen and oxygen atoms in total. The number of benzene rings is 1. The van der Waals surface area contributed by atoms with Crippen molar-refractivity contribution in [1.29, 1.82) is 0 Å². The molecule has 0 aliphatic rings. The molecule has 78 valence electrons. The molecular weight excluding hydrogens is 192 g/mol. The van der Waals surface area contributed by atoms with Crippen LogP contribution in [-0.4, -0.2) is 12.1 Å². The van der Waals surface area contributed by atoms with Crippen LogP contribution in [0.1, 0.15) is 11.5 Å². The number of anilines is 1. The Kier molecular flexibility index (Phi) is 2.58. The van der Waals surface area contributed by atoms with Gasteiger partial charge < -0.3 is 14.9 Å². The fraction of sp³-hybridized carbons (Fsp3) is 0.182. The van der Waals surface area contributed by atoms with Crippen LogP contribution in [0, 0.1) is 0 Å². The zero-order chi connectivity index (χ0) is 10.7. The SMILES string of the molecule is COc1ccc(Cc2ncco2)cc1N. The van der Waals surface area contributed by atoms with E-state index in [1.165, 1.54) is 0 Å². The number of nitrogen functional groups attached to an aromatic ring is 1. The van der Waals surface area contributed by atoms with Crippen molar-refractivity contribution in [2.45, 2.75) is 6.42 Å². The van der Waals surface area contributed by atoms with Crippen molar-refractivity contribution in [2.24, 2.45) is 0 Å². The van der Waals surface area contributed by atoms with Gasteiger partial charge in [-0.15, -0.1) is 0 Å². The average molecular weight is 204 g/mol. The minimum Gasteiger partial charge on any atom is -0.495 e. The van der Waals surface area contributed by atoms with Crippen LogP contribution < -0.4 is 10.5 Å². The fourth-order valence-electron chi connectivity index (χ4n) is 1.41. The quantitative estimate of drug-likeness (QED) is 0.775. The molecule has 0 atom stereocenters. The summed E-state index contributed by atoms with van der Waals surface area (Å²) in [4.78, 5) is 4.05. The number of hydrogen-bond donors (Lipinski definition) is 1. The summed E-state index contributed by atoms with van der Waals surface area (Å²) in [6.45, 7) is 0. The number of nitrogens with two attached hydrogens (primary N) is 1. The molecule has 0 bridgehead atoms. The summed E-state index contributed by atoms with van der Waals surface area (Å²) in [7, 11) is 1.60. The molecule has 2 aromatic rings. The summed E-state index contributed by atoms with van der Waals surface area (Å²) in [6.07, 6.45) is 3.83. The summed E-state index contributed by atoms with van der Waals surface area (Å²) in [6, 6.07) is 5.65. The lowest BCUT2D eigenvalue weighted by Crippen LogP contribution is -1.95. The molecule has 0 fully saturated rings. The van der Waals surface area contributed by atoms with Crippen molar-refractivity contribution >= 4 is 5.69 Å². The van der Waals surface area contributed by atoms with Crippen molar-refractivity contribution in [2.75, 3.05) is 12.8 Å². The highest BCUT2D eigenvalue weighted by molar-refractivity contribution is 5.54. The first-order valence-electron chi connectivity index (χ1n) is 4.60. The van der Waals surface area contributed by atoms with Crippen LogP contribution in [-0.2, 0) is 6.42 Å². The van der Waals surface area contributed by atoms with E-state index in [4.69, 9.17) is 14.9 Å². The number of oxazole rings is 1. The molecule has 1 aromatic carbocycles. The van der Waals surface area contributed by atoms with Crippen molar-refractivity contribution in [1.82, 2.24) is 4.98 Å². The van der Waals surface area contributed by atoms with Crippen LogP contribution in [0.2, 0.25) is 0 Å². The van der Waals surface area contributed by atoms with E-state index in [9.17, 15) is 0 Å². The maximum Gasteiger partial charge on any atom is 0.198 e. The van der Waals surface area contributed by atoms with E-state index < -0.39 is 0 Å². The second-order valence-electron chi connectivity index (χ2n) is 3.18. The largest absolute Gasteiger partial charge is 0.495 e. The Morgan fingerprint density at radius 1 is 1.47 bits per heavy atom. The van der Waals surface area contributed by atoms with Crippen LogP contribution in [0.3, 0.4) is 0 Å². The third kappa shape index (κ3) is 2.10. The maximum absolute atomic E-state index is 5.78. The van der Waals surface area contributed by atoms with Gasteiger partial charge in [0.15, 0.2) is 5.89 Å². The average Bonchev–Trinajstić information content (AvgIpc) is 2.71. The lowest BCUT2D eigenvalue weighted by atomic mass is 10.1. The number of hydrogen-bond acceptors (Lipinski definition) is 4. The first-order valence-corrected chi connectivity index (χ1v) is 4.60. The minimum absolute atomic E-state index is 0.626. The third-order valence-corrected chi connectivity index (χ3v) is 2.13. The van der Waals surface area contributed by atoms with Gasteiger partial charge in [0.05, 0.1) is 19.0 Å². The molecule has 0 unspecified atom stereocenters. The highest BCUT2D eigenvalue weighted by Crippen LogP contribution is 2.22. The minimum atomic E-state index is 0.626. The zero-order valence-electron chi connectivity index (χ0n) is 8.43. The van der Waals surface area contributed by atoms with Gasteiger partial charge in [-0.25, -0.2) is 4.98 Å². The molecule has 0 aliphatic carbocycles. The molecule has 0 saturated carbocycles. The lowest BCUT2D eigenvalue weighted by Gasteiger charge is -2.05. The Labute approximate surface area is 87.7 Å². The molecule has 0 saturated heterocycles. The molecule has 0 aliphatic heterocycles. The van der Waals surface area contributed by atoms with E-state index in [2.05, 4.69) is 4.98 Å². The predicted molar refractivity (Wildman–Crippen MR) is 56.7 cm³/mol. The van der Waals surface area contributed by atoms with Gasteiger partial charge in [-0.3, -0.25) is 0 Å². The first kappa shape index (κ1) is 9.58. The molecule has 0 radical (unpaired) electrons. The number of aromatic nitrogens is 1. The van der Waals surface area contributed by atoms with E-state index in [-0.39, 0.29) is 0 Å². The van der Waals surface area contributed by atoms with Gasteiger partial charge in [0.25, 0.3) is 0 Å². The summed E-state index contributed by atoms with van der Waals surface area (Å²) in [5.41, 5.74) is 7.46. The molecule has 0 spiro atoms. The van der Waals surface area contributed by atoms with Gasteiger partial charge in [-0.05, 0) is 17.7 Å². The smallest absolute Gasteiger partial charge is 0.198 e. The van der Waals surface area contributed by atoms with Crippen LogP contribution in [0.4, 0.5) is 5.69 Å². The molecule has 1 aromatic heterocycles.